The molecule has 1 heterocycles. The molecule has 1 N–H and O–H groups in total. The van der Waals surface area contributed by atoms with Crippen molar-refractivity contribution in [3.63, 3.8) is 0 Å². The number of halogens is 3. The van der Waals surface area contributed by atoms with Gasteiger partial charge < -0.3 is 9.47 Å². The number of alkyl halides is 3. The molecular weight excluding hydrogens is 393 g/mol. The lowest BCUT2D eigenvalue weighted by Gasteiger charge is -2.07. The summed E-state index contributed by atoms with van der Waals surface area (Å²) in [4.78, 5) is 0. The Morgan fingerprint density at radius 2 is 1.93 bits per heavy atom. The molecule has 0 unspecified atom stereocenters. The minimum atomic E-state index is -4.43. The molecule has 0 atom stereocenters. The van der Waals surface area contributed by atoms with Gasteiger partial charge >= 0.3 is 6.18 Å². The van der Waals surface area contributed by atoms with Gasteiger partial charge in [-0.1, -0.05) is 18.2 Å². The van der Waals surface area contributed by atoms with Crippen LogP contribution in [0.15, 0.2) is 53.6 Å². The molecule has 0 aliphatic carbocycles. The van der Waals surface area contributed by atoms with Crippen molar-refractivity contribution in [3.05, 3.63) is 70.3 Å². The number of methoxy groups -OCH3 is 1. The number of H-pyrrole nitrogens is 1. The molecule has 0 spiro atoms. The molecule has 0 amide bonds. The van der Waals surface area contributed by atoms with Gasteiger partial charge in [0.1, 0.15) is 18.1 Å². The van der Waals surface area contributed by atoms with Crippen LogP contribution >= 0.6 is 12.2 Å². The second kappa shape index (κ2) is 8.26. The van der Waals surface area contributed by atoms with Gasteiger partial charge in [0.2, 0.25) is 4.77 Å². The second-order valence-electron chi connectivity index (χ2n) is 5.59. The van der Waals surface area contributed by atoms with Crippen LogP contribution in [0.2, 0.25) is 0 Å². The fourth-order valence-corrected chi connectivity index (χ4v) is 2.49. The summed E-state index contributed by atoms with van der Waals surface area (Å²) in [7, 11) is 1.55. The van der Waals surface area contributed by atoms with Gasteiger partial charge in [-0.25, -0.2) is 5.10 Å². The summed E-state index contributed by atoms with van der Waals surface area (Å²) in [5, 5.41) is 10.8. The molecule has 0 fully saturated rings. The van der Waals surface area contributed by atoms with Crippen LogP contribution in [0, 0.1) is 4.77 Å². The first-order chi connectivity index (χ1) is 13.4. The zero-order valence-corrected chi connectivity index (χ0v) is 15.4. The summed E-state index contributed by atoms with van der Waals surface area (Å²) < 4.78 is 50.7. The molecule has 28 heavy (non-hydrogen) atoms. The van der Waals surface area contributed by atoms with Crippen molar-refractivity contribution in [1.82, 2.24) is 14.9 Å². The summed E-state index contributed by atoms with van der Waals surface area (Å²) in [5.41, 5.74) is -0.480. The van der Waals surface area contributed by atoms with Gasteiger partial charge in [0.15, 0.2) is 5.82 Å². The Bertz CT molecular complexity index is 1040. The Morgan fingerprint density at radius 3 is 2.68 bits per heavy atom. The van der Waals surface area contributed by atoms with E-state index >= 15 is 0 Å². The van der Waals surface area contributed by atoms with Gasteiger partial charge in [-0.15, -0.1) is 0 Å². The van der Waals surface area contributed by atoms with Crippen molar-refractivity contribution in [3.8, 4) is 11.5 Å². The highest BCUT2D eigenvalue weighted by Crippen LogP contribution is 2.29. The van der Waals surface area contributed by atoms with Crippen LogP contribution in [-0.4, -0.2) is 28.2 Å². The van der Waals surface area contributed by atoms with Crippen molar-refractivity contribution in [2.45, 2.75) is 12.8 Å². The van der Waals surface area contributed by atoms with E-state index in [-0.39, 0.29) is 16.9 Å². The van der Waals surface area contributed by atoms with Gasteiger partial charge in [-0.3, -0.25) is 0 Å². The van der Waals surface area contributed by atoms with Crippen molar-refractivity contribution >= 4 is 18.4 Å². The molecule has 2 aromatic carbocycles. The Labute approximate surface area is 163 Å². The number of hydrogen-bond acceptors (Lipinski definition) is 5. The molecule has 0 saturated heterocycles. The van der Waals surface area contributed by atoms with E-state index in [0.717, 1.165) is 12.1 Å². The van der Waals surface area contributed by atoms with Crippen LogP contribution in [-0.2, 0) is 12.8 Å². The molecule has 146 valence electrons. The van der Waals surface area contributed by atoms with E-state index in [9.17, 15) is 13.2 Å². The number of hydrogen-bond donors (Lipinski definition) is 1. The number of benzene rings is 2. The van der Waals surface area contributed by atoms with E-state index in [1.807, 2.05) is 0 Å². The molecule has 0 radical (unpaired) electrons. The maximum atomic E-state index is 12.8. The lowest BCUT2D eigenvalue weighted by atomic mass is 10.1. The predicted molar refractivity (Wildman–Crippen MR) is 99.2 cm³/mol. The van der Waals surface area contributed by atoms with Crippen molar-refractivity contribution < 1.29 is 22.6 Å². The smallest absolute Gasteiger partial charge is 0.416 e. The van der Waals surface area contributed by atoms with Gasteiger partial charge in [0.25, 0.3) is 0 Å². The topological polar surface area (TPSA) is 64.4 Å². The van der Waals surface area contributed by atoms with Gasteiger partial charge in [0, 0.05) is 6.07 Å². The van der Waals surface area contributed by atoms with Crippen LogP contribution in [0.1, 0.15) is 17.0 Å². The van der Waals surface area contributed by atoms with Crippen LogP contribution < -0.4 is 9.47 Å². The monoisotopic (exact) mass is 408 g/mol. The van der Waals surface area contributed by atoms with Crippen LogP contribution in [0.4, 0.5) is 13.2 Å². The second-order valence-corrected chi connectivity index (χ2v) is 5.98. The largest absolute Gasteiger partial charge is 0.497 e. The standard InChI is InChI=1S/C18H15F3N4O2S/c1-26-14-6-3-7-15(9-14)27-11-16-23-24-17(28)25(16)22-10-12-4-2-5-13(8-12)18(19,20)21/h2-10H,11H2,1H3,(H,24,28)/b22-10-. The highest BCUT2D eigenvalue weighted by molar-refractivity contribution is 7.71. The van der Waals surface area contributed by atoms with E-state index < -0.39 is 11.7 Å². The highest BCUT2D eigenvalue weighted by atomic mass is 32.1. The Hall–Kier alpha value is -3.14. The minimum absolute atomic E-state index is 0.0419. The first kappa shape index (κ1) is 19.6. The lowest BCUT2D eigenvalue weighted by molar-refractivity contribution is -0.137. The minimum Gasteiger partial charge on any atom is -0.497 e. The Kier molecular flexibility index (Phi) is 5.78. The van der Waals surface area contributed by atoms with E-state index in [2.05, 4.69) is 15.3 Å². The quantitative estimate of drug-likeness (QED) is 0.484. The first-order valence-electron chi connectivity index (χ1n) is 8.01. The molecule has 0 bridgehead atoms. The SMILES string of the molecule is COc1cccc(OCc2n[nH]c(=S)n2/N=C\c2cccc(C(F)(F)F)c2)c1. The van der Waals surface area contributed by atoms with E-state index in [1.165, 1.54) is 23.0 Å². The van der Waals surface area contributed by atoms with Crippen molar-refractivity contribution in [1.29, 1.82) is 0 Å². The molecule has 0 aliphatic heterocycles. The average Bonchev–Trinajstić information content (AvgIpc) is 3.04. The lowest BCUT2D eigenvalue weighted by Crippen LogP contribution is -2.06. The summed E-state index contributed by atoms with van der Waals surface area (Å²) in [6.45, 7) is 0.0419. The van der Waals surface area contributed by atoms with Crippen LogP contribution in [0.25, 0.3) is 0 Å². The normalized spacial score (nSPS) is 11.7. The summed E-state index contributed by atoms with van der Waals surface area (Å²) >= 11 is 5.12. The third-order valence-electron chi connectivity index (χ3n) is 3.66. The highest BCUT2D eigenvalue weighted by Gasteiger charge is 2.30. The van der Waals surface area contributed by atoms with E-state index in [0.29, 0.717) is 17.3 Å². The third kappa shape index (κ3) is 4.77. The number of nitrogens with one attached hydrogen (secondary N) is 1. The van der Waals surface area contributed by atoms with Gasteiger partial charge in [0.05, 0.1) is 18.9 Å². The average molecular weight is 408 g/mol. The third-order valence-corrected chi connectivity index (χ3v) is 3.93. The fourth-order valence-electron chi connectivity index (χ4n) is 2.30. The van der Waals surface area contributed by atoms with Crippen LogP contribution in [0.3, 0.4) is 0 Å². The zero-order valence-electron chi connectivity index (χ0n) is 14.6. The van der Waals surface area contributed by atoms with E-state index in [4.69, 9.17) is 21.7 Å². The molecule has 0 saturated carbocycles. The molecule has 3 rings (SSSR count). The molecule has 0 aliphatic rings. The van der Waals surface area contributed by atoms with Gasteiger partial charge in [-0.05, 0) is 42.0 Å². The number of rotatable bonds is 6. The molecule has 1 aromatic heterocycles. The fraction of sp³-hybridized carbons (Fsp3) is 0.167. The summed E-state index contributed by atoms with van der Waals surface area (Å²) in [6.07, 6.45) is -3.15. The molecule has 3 aromatic rings. The summed E-state index contributed by atoms with van der Waals surface area (Å²) in [6, 6.07) is 11.8. The van der Waals surface area contributed by atoms with Gasteiger partial charge in [-0.2, -0.15) is 28.0 Å². The van der Waals surface area contributed by atoms with E-state index in [1.54, 1.807) is 31.4 Å². The number of nitrogens with zero attached hydrogens (tertiary/aromatic N) is 3. The predicted octanol–water partition coefficient (Wildman–Crippen LogP) is 4.43. The molecule has 10 heteroatoms. The molecule has 6 nitrogen and oxygen atoms in total. The first-order valence-corrected chi connectivity index (χ1v) is 8.42. The number of ether oxygens (including phenoxy) is 2. The Morgan fingerprint density at radius 1 is 1.18 bits per heavy atom. The number of aromatic amines is 1. The maximum absolute atomic E-state index is 12.8. The molecular formula is C18H15F3N4O2S. The summed E-state index contributed by atoms with van der Waals surface area (Å²) in [5.74, 6) is 1.55. The van der Waals surface area contributed by atoms with Crippen LogP contribution in [0.5, 0.6) is 11.5 Å². The number of aromatic nitrogens is 3. The maximum Gasteiger partial charge on any atom is 0.416 e. The van der Waals surface area contributed by atoms with Crippen molar-refractivity contribution in [2.75, 3.05) is 7.11 Å². The zero-order chi connectivity index (χ0) is 20.1. The van der Waals surface area contributed by atoms with Crippen molar-refractivity contribution in [2.24, 2.45) is 5.10 Å². The Balaban J connectivity index is 1.78.